The predicted molar refractivity (Wildman–Crippen MR) is 88.7 cm³/mol. The summed E-state index contributed by atoms with van der Waals surface area (Å²) in [5.74, 6) is -0.0676. The van der Waals surface area contributed by atoms with E-state index in [4.69, 9.17) is 0 Å². The van der Waals surface area contributed by atoms with E-state index in [1.165, 1.54) is 11.3 Å². The van der Waals surface area contributed by atoms with Crippen molar-refractivity contribution < 1.29 is 4.79 Å². The average Bonchev–Trinajstić information content (AvgIpc) is 2.87. The van der Waals surface area contributed by atoms with Gasteiger partial charge in [0.2, 0.25) is 0 Å². The summed E-state index contributed by atoms with van der Waals surface area (Å²) in [4.78, 5) is 13.0. The number of halogens is 1. The number of amides is 1. The fourth-order valence-electron chi connectivity index (χ4n) is 1.96. The van der Waals surface area contributed by atoms with Crippen molar-refractivity contribution in [3.05, 3.63) is 63.4 Å². The Balaban J connectivity index is 1.86. The summed E-state index contributed by atoms with van der Waals surface area (Å²) in [6.07, 6.45) is 0. The molecule has 0 aliphatic carbocycles. The van der Waals surface area contributed by atoms with Crippen LogP contribution in [-0.4, -0.2) is 5.91 Å². The monoisotopic (exact) mass is 345 g/mol. The Morgan fingerprint density at radius 3 is 2.70 bits per heavy atom. The molecule has 0 spiro atoms. The molecule has 2 aromatic carbocycles. The van der Waals surface area contributed by atoms with Crippen LogP contribution < -0.4 is 5.32 Å². The van der Waals surface area contributed by atoms with E-state index in [0.29, 0.717) is 0 Å². The van der Waals surface area contributed by atoms with Gasteiger partial charge in [0.15, 0.2) is 0 Å². The number of anilines is 1. The Hall–Kier alpha value is -1.65. The van der Waals surface area contributed by atoms with E-state index >= 15 is 0 Å². The van der Waals surface area contributed by atoms with Gasteiger partial charge in [0, 0.05) is 14.9 Å². The first-order chi connectivity index (χ1) is 9.63. The van der Waals surface area contributed by atoms with E-state index in [1.807, 2.05) is 55.5 Å². The molecule has 1 aromatic heterocycles. The second-order valence-electron chi connectivity index (χ2n) is 4.57. The zero-order chi connectivity index (χ0) is 14.1. The van der Waals surface area contributed by atoms with Crippen LogP contribution in [0, 0.1) is 6.92 Å². The fraction of sp³-hybridized carbons (Fsp3) is 0.0625. The standard InChI is InChI=1S/C16H12BrNOS/c1-10-6-7-12(9-13(10)17)18-16(19)15-8-11-4-2-3-5-14(11)20-15/h2-9H,1H3,(H,18,19). The van der Waals surface area contributed by atoms with Gasteiger partial charge < -0.3 is 5.32 Å². The topological polar surface area (TPSA) is 29.1 Å². The van der Waals surface area contributed by atoms with Crippen LogP contribution in [0.1, 0.15) is 15.2 Å². The lowest BCUT2D eigenvalue weighted by molar-refractivity contribution is 0.103. The van der Waals surface area contributed by atoms with Crippen LogP contribution in [-0.2, 0) is 0 Å². The SMILES string of the molecule is Cc1ccc(NC(=O)c2cc3ccccc3s2)cc1Br. The fourth-order valence-corrected chi connectivity index (χ4v) is 3.29. The van der Waals surface area contributed by atoms with E-state index in [9.17, 15) is 4.79 Å². The van der Waals surface area contributed by atoms with Gasteiger partial charge in [0.1, 0.15) is 0 Å². The summed E-state index contributed by atoms with van der Waals surface area (Å²) >= 11 is 4.98. The number of carbonyl (C=O) groups is 1. The van der Waals surface area contributed by atoms with Gasteiger partial charge in [0.25, 0.3) is 5.91 Å². The van der Waals surface area contributed by atoms with Crippen LogP contribution in [0.15, 0.2) is 53.0 Å². The Morgan fingerprint density at radius 1 is 1.15 bits per heavy atom. The number of aryl methyl sites for hydroxylation is 1. The molecule has 4 heteroatoms. The number of fused-ring (bicyclic) bond motifs is 1. The van der Waals surface area contributed by atoms with Crippen molar-refractivity contribution in [3.63, 3.8) is 0 Å². The summed E-state index contributed by atoms with van der Waals surface area (Å²) in [7, 11) is 0. The average molecular weight is 346 g/mol. The van der Waals surface area contributed by atoms with E-state index in [1.54, 1.807) is 0 Å². The number of rotatable bonds is 2. The zero-order valence-electron chi connectivity index (χ0n) is 10.8. The third-order valence-electron chi connectivity index (χ3n) is 3.08. The molecule has 0 unspecified atom stereocenters. The number of hydrogen-bond donors (Lipinski definition) is 1. The minimum atomic E-state index is -0.0676. The molecule has 0 fully saturated rings. The highest BCUT2D eigenvalue weighted by atomic mass is 79.9. The molecule has 0 radical (unpaired) electrons. The second-order valence-corrected chi connectivity index (χ2v) is 6.50. The lowest BCUT2D eigenvalue weighted by Crippen LogP contribution is -2.09. The molecule has 3 rings (SSSR count). The molecule has 1 N–H and O–H groups in total. The molecule has 0 bridgehead atoms. The molecule has 100 valence electrons. The van der Waals surface area contributed by atoms with Crippen LogP contribution in [0.25, 0.3) is 10.1 Å². The van der Waals surface area contributed by atoms with Gasteiger partial charge >= 0.3 is 0 Å². The molecule has 0 aliphatic heterocycles. The van der Waals surface area contributed by atoms with Gasteiger partial charge in [-0.3, -0.25) is 4.79 Å². The summed E-state index contributed by atoms with van der Waals surface area (Å²) < 4.78 is 2.12. The predicted octanol–water partition coefficient (Wildman–Crippen LogP) is 5.22. The van der Waals surface area contributed by atoms with E-state index < -0.39 is 0 Å². The summed E-state index contributed by atoms with van der Waals surface area (Å²) in [6.45, 7) is 2.02. The van der Waals surface area contributed by atoms with Crippen molar-refractivity contribution in [2.24, 2.45) is 0 Å². The Labute approximate surface area is 129 Å². The highest BCUT2D eigenvalue weighted by Crippen LogP contribution is 2.26. The Bertz CT molecular complexity index is 761. The number of carbonyl (C=O) groups excluding carboxylic acids is 1. The van der Waals surface area contributed by atoms with Gasteiger partial charge in [-0.05, 0) is 42.1 Å². The molecule has 1 amide bonds. The van der Waals surface area contributed by atoms with Crippen LogP contribution in [0.3, 0.4) is 0 Å². The minimum absolute atomic E-state index is 0.0676. The van der Waals surface area contributed by atoms with E-state index in [0.717, 1.165) is 30.7 Å². The lowest BCUT2D eigenvalue weighted by atomic mass is 10.2. The van der Waals surface area contributed by atoms with Crippen molar-refractivity contribution in [2.75, 3.05) is 5.32 Å². The third kappa shape index (κ3) is 2.62. The van der Waals surface area contributed by atoms with Crippen LogP contribution in [0.4, 0.5) is 5.69 Å². The quantitative estimate of drug-likeness (QED) is 0.677. The smallest absolute Gasteiger partial charge is 0.265 e. The van der Waals surface area contributed by atoms with E-state index in [-0.39, 0.29) is 5.91 Å². The molecule has 20 heavy (non-hydrogen) atoms. The summed E-state index contributed by atoms with van der Waals surface area (Å²) in [6, 6.07) is 15.7. The molecule has 0 saturated heterocycles. The summed E-state index contributed by atoms with van der Waals surface area (Å²) in [5, 5.41) is 4.03. The van der Waals surface area contributed by atoms with Crippen molar-refractivity contribution in [1.82, 2.24) is 0 Å². The maximum Gasteiger partial charge on any atom is 0.265 e. The minimum Gasteiger partial charge on any atom is -0.321 e. The van der Waals surface area contributed by atoms with Gasteiger partial charge in [-0.15, -0.1) is 11.3 Å². The summed E-state index contributed by atoms with van der Waals surface area (Å²) in [5.41, 5.74) is 1.94. The number of thiophene rings is 1. The molecular formula is C16H12BrNOS. The maximum absolute atomic E-state index is 12.3. The van der Waals surface area contributed by atoms with E-state index in [2.05, 4.69) is 21.2 Å². The molecule has 0 saturated carbocycles. The number of benzene rings is 2. The molecule has 1 heterocycles. The normalized spacial score (nSPS) is 10.7. The largest absolute Gasteiger partial charge is 0.321 e. The first kappa shape index (κ1) is 13.3. The second kappa shape index (κ2) is 5.38. The van der Waals surface area contributed by atoms with Crippen molar-refractivity contribution in [2.45, 2.75) is 6.92 Å². The van der Waals surface area contributed by atoms with Crippen LogP contribution in [0.2, 0.25) is 0 Å². The van der Waals surface area contributed by atoms with Crippen LogP contribution in [0.5, 0.6) is 0 Å². The Morgan fingerprint density at radius 2 is 1.95 bits per heavy atom. The highest BCUT2D eigenvalue weighted by Gasteiger charge is 2.10. The van der Waals surface area contributed by atoms with Crippen molar-refractivity contribution >= 4 is 48.9 Å². The van der Waals surface area contributed by atoms with Gasteiger partial charge in [-0.2, -0.15) is 0 Å². The number of nitrogens with one attached hydrogen (secondary N) is 1. The lowest BCUT2D eigenvalue weighted by Gasteiger charge is -2.05. The van der Waals surface area contributed by atoms with Crippen molar-refractivity contribution in [1.29, 1.82) is 0 Å². The highest BCUT2D eigenvalue weighted by molar-refractivity contribution is 9.10. The number of hydrogen-bond acceptors (Lipinski definition) is 2. The van der Waals surface area contributed by atoms with Gasteiger partial charge in [0.05, 0.1) is 4.88 Å². The first-order valence-electron chi connectivity index (χ1n) is 6.19. The molecule has 3 aromatic rings. The molecule has 2 nitrogen and oxygen atoms in total. The maximum atomic E-state index is 12.3. The van der Waals surface area contributed by atoms with Gasteiger partial charge in [-0.25, -0.2) is 0 Å². The first-order valence-corrected chi connectivity index (χ1v) is 7.80. The van der Waals surface area contributed by atoms with Crippen LogP contribution >= 0.6 is 27.3 Å². The molecule has 0 aliphatic rings. The molecular weight excluding hydrogens is 334 g/mol. The van der Waals surface area contributed by atoms with Gasteiger partial charge in [-0.1, -0.05) is 40.2 Å². The zero-order valence-corrected chi connectivity index (χ0v) is 13.2. The molecule has 0 atom stereocenters. The Kier molecular flexibility index (Phi) is 3.59. The van der Waals surface area contributed by atoms with Crippen molar-refractivity contribution in [3.8, 4) is 0 Å². The third-order valence-corrected chi connectivity index (χ3v) is 5.05.